The molecule has 0 saturated heterocycles. The maximum atomic E-state index is 13.2. The summed E-state index contributed by atoms with van der Waals surface area (Å²) in [6.07, 6.45) is 3.50. The largest absolute Gasteiger partial charge is 0.354 e. The molecule has 0 saturated carbocycles. The van der Waals surface area contributed by atoms with E-state index in [1.54, 1.807) is 24.0 Å². The van der Waals surface area contributed by atoms with E-state index >= 15 is 0 Å². The minimum atomic E-state index is -3.51. The first-order valence-corrected chi connectivity index (χ1v) is 13.6. The van der Waals surface area contributed by atoms with Gasteiger partial charge in [-0.2, -0.15) is 0 Å². The zero-order valence-corrected chi connectivity index (χ0v) is 21.5. The van der Waals surface area contributed by atoms with Gasteiger partial charge in [0, 0.05) is 26.1 Å². The summed E-state index contributed by atoms with van der Waals surface area (Å²) >= 11 is 0. The van der Waals surface area contributed by atoms with Crippen molar-refractivity contribution in [3.8, 4) is 0 Å². The molecule has 0 aliphatic carbocycles. The minimum absolute atomic E-state index is 0.136. The van der Waals surface area contributed by atoms with E-state index in [0.29, 0.717) is 25.2 Å². The molecule has 0 aromatic heterocycles. The van der Waals surface area contributed by atoms with Crippen molar-refractivity contribution < 1.29 is 18.0 Å². The molecule has 186 valence electrons. The van der Waals surface area contributed by atoms with Gasteiger partial charge in [0.05, 0.1) is 11.9 Å². The normalized spacial score (nSPS) is 12.1. The minimum Gasteiger partial charge on any atom is -0.354 e. The lowest BCUT2D eigenvalue weighted by molar-refractivity contribution is -0.140. The van der Waals surface area contributed by atoms with Crippen molar-refractivity contribution in [1.29, 1.82) is 0 Å². The van der Waals surface area contributed by atoms with Crippen LogP contribution in [0.3, 0.4) is 0 Å². The number of rotatable bonds is 13. The number of nitrogens with one attached hydrogen (secondary N) is 1. The molecule has 0 bridgehead atoms. The van der Waals surface area contributed by atoms with E-state index in [9.17, 15) is 18.0 Å². The molecule has 0 aliphatic heterocycles. The van der Waals surface area contributed by atoms with Gasteiger partial charge in [-0.05, 0) is 43.9 Å². The molecular weight excluding hydrogens is 450 g/mol. The van der Waals surface area contributed by atoms with E-state index in [1.807, 2.05) is 49.4 Å². The molecule has 8 heteroatoms. The number of anilines is 1. The molecule has 2 aromatic rings. The second kappa shape index (κ2) is 13.1. The van der Waals surface area contributed by atoms with E-state index in [0.717, 1.165) is 24.0 Å². The van der Waals surface area contributed by atoms with Crippen LogP contribution in [0.2, 0.25) is 0 Å². The molecule has 0 aliphatic rings. The zero-order chi connectivity index (χ0) is 25.1. The van der Waals surface area contributed by atoms with Crippen molar-refractivity contribution in [3.63, 3.8) is 0 Å². The van der Waals surface area contributed by atoms with Crippen LogP contribution in [0.1, 0.15) is 50.7 Å². The lowest BCUT2D eigenvalue weighted by Crippen LogP contribution is -2.48. The Balaban J connectivity index is 2.12. The smallest absolute Gasteiger partial charge is 0.242 e. The molecule has 1 N–H and O–H groups in total. The highest BCUT2D eigenvalue weighted by Gasteiger charge is 2.26. The maximum absolute atomic E-state index is 13.2. The topological polar surface area (TPSA) is 86.8 Å². The Morgan fingerprint density at radius 1 is 1.00 bits per heavy atom. The number of amides is 2. The van der Waals surface area contributed by atoms with Gasteiger partial charge in [0.25, 0.3) is 0 Å². The van der Waals surface area contributed by atoms with Gasteiger partial charge in [-0.1, -0.05) is 61.9 Å². The van der Waals surface area contributed by atoms with E-state index in [4.69, 9.17) is 0 Å². The van der Waals surface area contributed by atoms with Gasteiger partial charge in [0.1, 0.15) is 6.04 Å². The second-order valence-electron chi connectivity index (χ2n) is 8.55. The van der Waals surface area contributed by atoms with E-state index in [1.165, 1.54) is 10.6 Å². The molecule has 2 rings (SSSR count). The van der Waals surface area contributed by atoms with Crippen LogP contribution in [0, 0.1) is 6.92 Å². The van der Waals surface area contributed by atoms with Crippen LogP contribution in [0.4, 0.5) is 5.69 Å². The quantitative estimate of drug-likeness (QED) is 0.435. The number of carbonyl (C=O) groups is 2. The summed E-state index contributed by atoms with van der Waals surface area (Å²) in [5.74, 6) is -0.365. The fourth-order valence-corrected chi connectivity index (χ4v) is 4.75. The maximum Gasteiger partial charge on any atom is 0.242 e. The van der Waals surface area contributed by atoms with Gasteiger partial charge in [0.2, 0.25) is 21.8 Å². The summed E-state index contributed by atoms with van der Waals surface area (Å²) in [5.41, 5.74) is 2.39. The SMILES string of the molecule is CCCCNC(=O)[C@H](C)N(Cc1ccccc1)C(=O)CCCN(c1ccccc1C)S(C)(=O)=O. The molecule has 0 fully saturated rings. The van der Waals surface area contributed by atoms with Crippen LogP contribution in [-0.4, -0.2) is 50.5 Å². The molecule has 34 heavy (non-hydrogen) atoms. The molecule has 7 nitrogen and oxygen atoms in total. The number of sulfonamides is 1. The van der Waals surface area contributed by atoms with E-state index in [2.05, 4.69) is 12.2 Å². The number of hydrogen-bond acceptors (Lipinski definition) is 4. The van der Waals surface area contributed by atoms with Crippen molar-refractivity contribution in [2.45, 2.75) is 59.0 Å². The van der Waals surface area contributed by atoms with Crippen molar-refractivity contribution >= 4 is 27.5 Å². The van der Waals surface area contributed by atoms with Crippen molar-refractivity contribution in [1.82, 2.24) is 10.2 Å². The third-order valence-electron chi connectivity index (χ3n) is 5.73. The number of aryl methyl sites for hydroxylation is 1. The Bertz CT molecular complexity index is 1040. The van der Waals surface area contributed by atoms with Crippen LogP contribution >= 0.6 is 0 Å². The Labute approximate surface area is 204 Å². The summed E-state index contributed by atoms with van der Waals surface area (Å²) in [4.78, 5) is 27.5. The Kier molecular flexibility index (Phi) is 10.6. The monoisotopic (exact) mass is 487 g/mol. The van der Waals surface area contributed by atoms with Gasteiger partial charge in [-0.3, -0.25) is 13.9 Å². The summed E-state index contributed by atoms with van der Waals surface area (Å²) < 4.78 is 26.2. The lowest BCUT2D eigenvalue weighted by Gasteiger charge is -2.29. The second-order valence-corrected chi connectivity index (χ2v) is 10.5. The molecule has 0 spiro atoms. The van der Waals surface area contributed by atoms with Gasteiger partial charge >= 0.3 is 0 Å². The number of carbonyl (C=O) groups excluding carboxylic acids is 2. The molecule has 0 heterocycles. The highest BCUT2D eigenvalue weighted by atomic mass is 32.2. The number of nitrogens with zero attached hydrogens (tertiary/aromatic N) is 2. The predicted molar refractivity (Wildman–Crippen MR) is 137 cm³/mol. The third kappa shape index (κ3) is 8.17. The fraction of sp³-hybridized carbons (Fsp3) is 0.462. The average molecular weight is 488 g/mol. The molecule has 2 amide bonds. The first kappa shape index (κ1) is 27.4. The summed E-state index contributed by atoms with van der Waals surface area (Å²) in [7, 11) is -3.51. The van der Waals surface area contributed by atoms with Gasteiger partial charge in [0.15, 0.2) is 0 Å². The number of hydrogen-bond donors (Lipinski definition) is 1. The Hall–Kier alpha value is -2.87. The summed E-state index contributed by atoms with van der Waals surface area (Å²) in [6, 6.07) is 16.2. The number of benzene rings is 2. The van der Waals surface area contributed by atoms with Crippen molar-refractivity contribution in [2.24, 2.45) is 0 Å². The summed E-state index contributed by atoms with van der Waals surface area (Å²) in [5, 5.41) is 2.91. The van der Waals surface area contributed by atoms with Crippen LogP contribution in [0.15, 0.2) is 54.6 Å². The van der Waals surface area contributed by atoms with E-state index < -0.39 is 16.1 Å². The third-order valence-corrected chi connectivity index (χ3v) is 6.91. The number of para-hydroxylation sites is 1. The highest BCUT2D eigenvalue weighted by molar-refractivity contribution is 7.92. The van der Waals surface area contributed by atoms with Gasteiger partial charge in [-0.25, -0.2) is 8.42 Å². The van der Waals surface area contributed by atoms with Crippen LogP contribution < -0.4 is 9.62 Å². The first-order chi connectivity index (χ1) is 16.1. The first-order valence-electron chi connectivity index (χ1n) is 11.8. The lowest BCUT2D eigenvalue weighted by atomic mass is 10.1. The van der Waals surface area contributed by atoms with Crippen molar-refractivity contribution in [2.75, 3.05) is 23.7 Å². The Morgan fingerprint density at radius 2 is 1.65 bits per heavy atom. The molecule has 0 radical (unpaired) electrons. The molecule has 0 unspecified atom stereocenters. The van der Waals surface area contributed by atoms with Crippen LogP contribution in [0.25, 0.3) is 0 Å². The molecule has 2 aromatic carbocycles. The van der Waals surface area contributed by atoms with Crippen molar-refractivity contribution in [3.05, 3.63) is 65.7 Å². The standard InChI is InChI=1S/C26H37N3O4S/c1-5-6-18-27-26(31)22(3)28(20-23-14-8-7-9-15-23)25(30)17-12-19-29(34(4,32)33)24-16-11-10-13-21(24)2/h7-11,13-16,22H,5-6,12,17-20H2,1-4H3,(H,27,31)/t22-/m0/s1. The zero-order valence-electron chi connectivity index (χ0n) is 20.7. The highest BCUT2D eigenvalue weighted by Crippen LogP contribution is 2.23. The van der Waals surface area contributed by atoms with E-state index in [-0.39, 0.29) is 24.8 Å². The summed E-state index contributed by atoms with van der Waals surface area (Å²) in [6.45, 7) is 6.73. The fourth-order valence-electron chi connectivity index (χ4n) is 3.72. The van der Waals surface area contributed by atoms with Gasteiger partial charge < -0.3 is 10.2 Å². The average Bonchev–Trinajstić information content (AvgIpc) is 2.80. The van der Waals surface area contributed by atoms with Crippen LogP contribution in [0.5, 0.6) is 0 Å². The predicted octanol–water partition coefficient (Wildman–Crippen LogP) is 3.87. The molecule has 1 atom stereocenters. The number of unbranched alkanes of at least 4 members (excludes halogenated alkanes) is 1. The van der Waals surface area contributed by atoms with Crippen LogP contribution in [-0.2, 0) is 26.2 Å². The van der Waals surface area contributed by atoms with Gasteiger partial charge in [-0.15, -0.1) is 0 Å². The Morgan fingerprint density at radius 3 is 2.26 bits per heavy atom. The molecular formula is C26H37N3O4S.